The summed E-state index contributed by atoms with van der Waals surface area (Å²) < 4.78 is 10.6. The van der Waals surface area contributed by atoms with E-state index < -0.39 is 6.04 Å². The van der Waals surface area contributed by atoms with Crippen molar-refractivity contribution in [3.05, 3.63) is 23.8 Å². The van der Waals surface area contributed by atoms with Crippen LogP contribution in [0.25, 0.3) is 0 Å². The van der Waals surface area contributed by atoms with Crippen LogP contribution in [0.5, 0.6) is 11.5 Å². The minimum atomic E-state index is -0.478. The summed E-state index contributed by atoms with van der Waals surface area (Å²) in [6.07, 6.45) is 0.632. The van der Waals surface area contributed by atoms with Crippen LogP contribution in [0.3, 0.4) is 0 Å². The van der Waals surface area contributed by atoms with Crippen molar-refractivity contribution in [1.29, 1.82) is 0 Å². The van der Waals surface area contributed by atoms with E-state index in [0.29, 0.717) is 50.0 Å². The van der Waals surface area contributed by atoms with Crippen LogP contribution in [0.4, 0.5) is 0 Å². The maximum Gasteiger partial charge on any atom is 0.245 e. The highest BCUT2D eigenvalue weighted by molar-refractivity contribution is 5.95. The second-order valence-corrected chi connectivity index (χ2v) is 8.24. The summed E-state index contributed by atoms with van der Waals surface area (Å²) >= 11 is 0. The van der Waals surface area contributed by atoms with E-state index in [4.69, 9.17) is 9.47 Å². The molecule has 0 aliphatic carbocycles. The molecule has 0 N–H and O–H groups in total. The molecule has 30 heavy (non-hydrogen) atoms. The van der Waals surface area contributed by atoms with Gasteiger partial charge in [0.25, 0.3) is 0 Å². The molecule has 2 heterocycles. The highest BCUT2D eigenvalue weighted by Gasteiger charge is 2.41. The number of hydrogen-bond donors (Lipinski definition) is 0. The molecule has 8 nitrogen and oxygen atoms in total. The number of amides is 3. The topological polar surface area (TPSA) is 79.4 Å². The van der Waals surface area contributed by atoms with Gasteiger partial charge in [-0.05, 0) is 30.5 Å². The Morgan fingerprint density at radius 2 is 1.90 bits per heavy atom. The summed E-state index contributed by atoms with van der Waals surface area (Å²) in [6, 6.07) is 4.89. The number of rotatable bonds is 6. The molecule has 0 radical (unpaired) electrons. The average Bonchev–Trinajstić information content (AvgIpc) is 2.95. The fourth-order valence-electron chi connectivity index (χ4n) is 4.17. The normalized spacial score (nSPS) is 19.6. The standard InChI is InChI=1S/C22H31N3O5/c1-15(2)13-24-14-21(27)25-10-9-23(8-7-18(25)22(24)28)20(26)12-16-11-17(29-3)5-6-19(16)30-4/h5-6,11,15,18H,7-10,12-14H2,1-4H3. The largest absolute Gasteiger partial charge is 0.497 e. The van der Waals surface area contributed by atoms with Gasteiger partial charge in [0.15, 0.2) is 0 Å². The van der Waals surface area contributed by atoms with E-state index in [2.05, 4.69) is 0 Å². The van der Waals surface area contributed by atoms with Crippen molar-refractivity contribution in [2.45, 2.75) is 32.7 Å². The summed E-state index contributed by atoms with van der Waals surface area (Å²) in [5.74, 6) is 1.49. The lowest BCUT2D eigenvalue weighted by atomic mass is 10.1. The fourth-order valence-corrected chi connectivity index (χ4v) is 4.17. The van der Waals surface area contributed by atoms with Crippen molar-refractivity contribution in [2.24, 2.45) is 5.92 Å². The highest BCUT2D eigenvalue weighted by Crippen LogP contribution is 2.26. The Morgan fingerprint density at radius 1 is 1.13 bits per heavy atom. The second kappa shape index (κ2) is 9.36. The van der Waals surface area contributed by atoms with Gasteiger partial charge < -0.3 is 24.2 Å². The quantitative estimate of drug-likeness (QED) is 0.694. The number of ether oxygens (including phenoxy) is 2. The summed E-state index contributed by atoms with van der Waals surface area (Å²) in [5, 5.41) is 0. The van der Waals surface area contributed by atoms with E-state index in [1.165, 1.54) is 0 Å². The Labute approximate surface area is 177 Å². The number of piperazine rings is 1. The number of fused-ring (bicyclic) bond motifs is 1. The number of methoxy groups -OCH3 is 2. The summed E-state index contributed by atoms with van der Waals surface area (Å²) in [5.41, 5.74) is 0.749. The molecule has 2 aliphatic heterocycles. The van der Waals surface area contributed by atoms with Gasteiger partial charge in [0.2, 0.25) is 17.7 Å². The van der Waals surface area contributed by atoms with Gasteiger partial charge in [-0.2, -0.15) is 0 Å². The van der Waals surface area contributed by atoms with Gasteiger partial charge in [-0.25, -0.2) is 0 Å². The molecule has 1 aromatic carbocycles. The maximum atomic E-state index is 13.0. The van der Waals surface area contributed by atoms with Gasteiger partial charge in [0.05, 0.1) is 27.2 Å². The zero-order valence-electron chi connectivity index (χ0n) is 18.2. The van der Waals surface area contributed by atoms with Gasteiger partial charge >= 0.3 is 0 Å². The number of carbonyl (C=O) groups is 3. The maximum absolute atomic E-state index is 13.0. The molecule has 1 aromatic rings. The zero-order chi connectivity index (χ0) is 21.8. The molecule has 3 amide bonds. The first-order chi connectivity index (χ1) is 14.3. The van der Waals surface area contributed by atoms with Crippen LogP contribution >= 0.6 is 0 Å². The first kappa shape index (κ1) is 21.9. The Bertz CT molecular complexity index is 810. The predicted molar refractivity (Wildman–Crippen MR) is 111 cm³/mol. The van der Waals surface area contributed by atoms with E-state index in [0.717, 1.165) is 5.56 Å². The van der Waals surface area contributed by atoms with Crippen LogP contribution < -0.4 is 9.47 Å². The van der Waals surface area contributed by atoms with Crippen LogP contribution in [0.2, 0.25) is 0 Å². The van der Waals surface area contributed by atoms with Crippen LogP contribution in [-0.2, 0) is 20.8 Å². The molecule has 1 atom stereocenters. The Hall–Kier alpha value is -2.77. The third-order valence-electron chi connectivity index (χ3n) is 5.67. The van der Waals surface area contributed by atoms with Crippen LogP contribution in [0.15, 0.2) is 18.2 Å². The smallest absolute Gasteiger partial charge is 0.245 e. The minimum absolute atomic E-state index is 0.00735. The van der Waals surface area contributed by atoms with Gasteiger partial charge in [0.1, 0.15) is 17.5 Å². The third kappa shape index (κ3) is 4.68. The fraction of sp³-hybridized carbons (Fsp3) is 0.591. The first-order valence-electron chi connectivity index (χ1n) is 10.4. The van der Waals surface area contributed by atoms with E-state index in [9.17, 15) is 14.4 Å². The second-order valence-electron chi connectivity index (χ2n) is 8.24. The lowest BCUT2D eigenvalue weighted by molar-refractivity contribution is -0.156. The summed E-state index contributed by atoms with van der Waals surface area (Å²) in [6.45, 7) is 6.02. The molecule has 3 rings (SSSR count). The van der Waals surface area contributed by atoms with E-state index in [1.54, 1.807) is 47.1 Å². The van der Waals surface area contributed by atoms with Crippen molar-refractivity contribution in [3.8, 4) is 11.5 Å². The molecule has 2 saturated heterocycles. The molecule has 2 fully saturated rings. The van der Waals surface area contributed by atoms with Gasteiger partial charge in [-0.1, -0.05) is 13.8 Å². The summed E-state index contributed by atoms with van der Waals surface area (Å²) in [7, 11) is 3.15. The molecule has 2 aliphatic rings. The van der Waals surface area contributed by atoms with Gasteiger partial charge in [-0.15, -0.1) is 0 Å². The average molecular weight is 418 g/mol. The van der Waals surface area contributed by atoms with Crippen molar-refractivity contribution in [3.63, 3.8) is 0 Å². The number of benzene rings is 1. The lowest BCUT2D eigenvalue weighted by Gasteiger charge is -2.39. The van der Waals surface area contributed by atoms with Crippen LogP contribution in [0, 0.1) is 5.92 Å². The van der Waals surface area contributed by atoms with Gasteiger partial charge in [-0.3, -0.25) is 14.4 Å². The molecule has 0 spiro atoms. The van der Waals surface area contributed by atoms with E-state index in [1.807, 2.05) is 13.8 Å². The molecule has 164 valence electrons. The molecule has 0 bridgehead atoms. The van der Waals surface area contributed by atoms with Crippen molar-refractivity contribution >= 4 is 17.7 Å². The van der Waals surface area contributed by atoms with Crippen LogP contribution in [-0.4, -0.2) is 85.4 Å². The molecular weight excluding hydrogens is 386 g/mol. The highest BCUT2D eigenvalue weighted by atomic mass is 16.5. The minimum Gasteiger partial charge on any atom is -0.497 e. The van der Waals surface area contributed by atoms with Gasteiger partial charge in [0, 0.05) is 31.7 Å². The molecule has 0 aromatic heterocycles. The molecule has 8 heteroatoms. The molecular formula is C22H31N3O5. The number of carbonyl (C=O) groups excluding carboxylic acids is 3. The van der Waals surface area contributed by atoms with Crippen molar-refractivity contribution < 1.29 is 23.9 Å². The Kier molecular flexibility index (Phi) is 6.84. The van der Waals surface area contributed by atoms with Crippen LogP contribution in [0.1, 0.15) is 25.8 Å². The van der Waals surface area contributed by atoms with E-state index in [-0.39, 0.29) is 30.7 Å². The molecule has 0 saturated carbocycles. The van der Waals surface area contributed by atoms with Crippen molar-refractivity contribution in [2.75, 3.05) is 46.9 Å². The lowest BCUT2D eigenvalue weighted by Crippen LogP contribution is -2.60. The monoisotopic (exact) mass is 417 g/mol. The number of nitrogens with zero attached hydrogens (tertiary/aromatic N) is 3. The van der Waals surface area contributed by atoms with E-state index >= 15 is 0 Å². The third-order valence-corrected chi connectivity index (χ3v) is 5.67. The zero-order valence-corrected chi connectivity index (χ0v) is 18.2. The molecule has 1 unspecified atom stereocenters. The van der Waals surface area contributed by atoms with Crippen molar-refractivity contribution in [1.82, 2.24) is 14.7 Å². The predicted octanol–water partition coefficient (Wildman–Crippen LogP) is 1.17. The SMILES string of the molecule is COc1ccc(OC)c(CC(=O)N2CCC3C(=O)N(CC(C)C)CC(=O)N3CC2)c1. The Morgan fingerprint density at radius 3 is 2.57 bits per heavy atom. The number of hydrogen-bond acceptors (Lipinski definition) is 5. The Balaban J connectivity index is 1.70. The first-order valence-corrected chi connectivity index (χ1v) is 10.4. The summed E-state index contributed by atoms with van der Waals surface area (Å²) in [4.78, 5) is 43.6.